The lowest BCUT2D eigenvalue weighted by Crippen LogP contribution is -2.25. The Morgan fingerprint density at radius 3 is 1.50 bits per heavy atom. The van der Waals surface area contributed by atoms with Gasteiger partial charge in [0.1, 0.15) is 0 Å². The molecule has 4 rings (SSSR count). The van der Waals surface area contributed by atoms with Crippen LogP contribution in [-0.2, 0) is 5.75 Å². The van der Waals surface area contributed by atoms with Gasteiger partial charge in [-0.3, -0.25) is 4.74 Å². The summed E-state index contributed by atoms with van der Waals surface area (Å²) in [7, 11) is -2.22. The van der Waals surface area contributed by atoms with Crippen molar-refractivity contribution >= 4 is 40.4 Å². The normalized spacial score (nSPS) is 11.2. The van der Waals surface area contributed by atoms with Crippen LogP contribution in [0.1, 0.15) is 12.5 Å². The van der Waals surface area contributed by atoms with Gasteiger partial charge in [-0.25, -0.2) is 0 Å². The first-order valence-corrected chi connectivity index (χ1v) is 13.2. The lowest BCUT2D eigenvalue weighted by molar-refractivity contribution is 1.36. The van der Waals surface area contributed by atoms with Gasteiger partial charge >= 0.3 is 0 Å². The minimum Gasteiger partial charge on any atom is -0.254 e. The smallest absolute Gasteiger partial charge is 0.0665 e. The standard InChI is InChI=1S/C27H26NPS/c1-2-30-22-23-14-12-13-21-27(23)28-29(24-15-6-3-7-16-24,25-17-8-4-9-18-25)26-19-10-5-11-20-26/h3-21H,2,22H2,1H3. The summed E-state index contributed by atoms with van der Waals surface area (Å²) in [5.41, 5.74) is 2.40. The summed E-state index contributed by atoms with van der Waals surface area (Å²) >= 11 is 1.94. The third kappa shape index (κ3) is 4.31. The topological polar surface area (TPSA) is 12.4 Å². The van der Waals surface area contributed by atoms with E-state index >= 15 is 0 Å². The fourth-order valence-corrected chi connectivity index (χ4v) is 7.89. The fraction of sp³-hybridized carbons (Fsp3) is 0.111. The summed E-state index contributed by atoms with van der Waals surface area (Å²) in [5.74, 6) is 2.08. The molecule has 0 saturated carbocycles. The summed E-state index contributed by atoms with van der Waals surface area (Å²) < 4.78 is 5.65. The van der Waals surface area contributed by atoms with Gasteiger partial charge in [0, 0.05) is 21.7 Å². The molecule has 0 aliphatic heterocycles. The van der Waals surface area contributed by atoms with Crippen molar-refractivity contribution in [1.82, 2.24) is 0 Å². The Labute approximate surface area is 184 Å². The molecule has 0 amide bonds. The molecule has 1 nitrogen and oxygen atoms in total. The van der Waals surface area contributed by atoms with Gasteiger partial charge in [0.2, 0.25) is 0 Å². The van der Waals surface area contributed by atoms with Crippen LogP contribution in [0.2, 0.25) is 0 Å². The number of hydrogen-bond donors (Lipinski definition) is 0. The maximum Gasteiger partial charge on any atom is 0.0665 e. The molecular weight excluding hydrogens is 401 g/mol. The van der Waals surface area contributed by atoms with Crippen LogP contribution in [0.25, 0.3) is 0 Å². The van der Waals surface area contributed by atoms with Crippen LogP contribution in [0.4, 0.5) is 5.69 Å². The van der Waals surface area contributed by atoms with E-state index in [1.165, 1.54) is 21.5 Å². The average Bonchev–Trinajstić information content (AvgIpc) is 2.83. The zero-order chi connectivity index (χ0) is 20.7. The highest BCUT2D eigenvalue weighted by Gasteiger charge is 2.27. The highest BCUT2D eigenvalue weighted by Crippen LogP contribution is 2.49. The van der Waals surface area contributed by atoms with Crippen molar-refractivity contribution in [3.05, 3.63) is 121 Å². The van der Waals surface area contributed by atoms with Crippen LogP contribution in [-0.4, -0.2) is 5.75 Å². The maximum atomic E-state index is 5.65. The minimum atomic E-state index is -2.22. The second-order valence-corrected chi connectivity index (χ2v) is 11.3. The number of thioether (sulfide) groups is 1. The third-order valence-corrected chi connectivity index (χ3v) is 9.68. The largest absolute Gasteiger partial charge is 0.254 e. The van der Waals surface area contributed by atoms with Gasteiger partial charge in [-0.15, -0.1) is 0 Å². The van der Waals surface area contributed by atoms with Crippen LogP contribution in [0, 0.1) is 0 Å². The summed E-state index contributed by atoms with van der Waals surface area (Å²) in [4.78, 5) is 0. The molecule has 0 bridgehead atoms. The molecule has 3 heteroatoms. The third-order valence-electron chi connectivity index (χ3n) is 5.10. The van der Waals surface area contributed by atoms with E-state index in [-0.39, 0.29) is 0 Å². The first-order chi connectivity index (χ1) is 14.8. The van der Waals surface area contributed by atoms with Gasteiger partial charge < -0.3 is 0 Å². The molecule has 0 saturated heterocycles. The van der Waals surface area contributed by atoms with E-state index in [0.717, 1.165) is 17.2 Å². The Kier molecular flexibility index (Phi) is 6.89. The first kappa shape index (κ1) is 20.7. The predicted molar refractivity (Wildman–Crippen MR) is 136 cm³/mol. The second-order valence-electron chi connectivity index (χ2n) is 7.01. The van der Waals surface area contributed by atoms with Gasteiger partial charge in [0.15, 0.2) is 0 Å². The molecule has 0 aromatic heterocycles. The molecule has 0 fully saturated rings. The Morgan fingerprint density at radius 2 is 1.03 bits per heavy atom. The average molecular weight is 428 g/mol. The van der Waals surface area contributed by atoms with E-state index in [1.54, 1.807) is 0 Å². The van der Waals surface area contributed by atoms with Gasteiger partial charge in [-0.05, 0) is 17.4 Å². The molecule has 0 aliphatic rings. The Bertz CT molecular complexity index is 1020. The van der Waals surface area contributed by atoms with Crippen LogP contribution in [0.5, 0.6) is 0 Å². The lowest BCUT2D eigenvalue weighted by Gasteiger charge is -2.27. The number of hydrogen-bond acceptors (Lipinski definition) is 2. The van der Waals surface area contributed by atoms with Gasteiger partial charge in [0.05, 0.1) is 12.7 Å². The Hall–Kier alpha value is -2.54. The van der Waals surface area contributed by atoms with E-state index in [4.69, 9.17) is 4.74 Å². The van der Waals surface area contributed by atoms with E-state index in [1.807, 2.05) is 11.8 Å². The van der Waals surface area contributed by atoms with Crippen LogP contribution < -0.4 is 15.9 Å². The number of nitrogens with zero attached hydrogens (tertiary/aromatic N) is 1. The molecule has 0 atom stereocenters. The van der Waals surface area contributed by atoms with Gasteiger partial charge in [0.25, 0.3) is 0 Å². The summed E-state index contributed by atoms with van der Waals surface area (Å²) in [6.45, 7) is 2.21. The van der Waals surface area contributed by atoms with E-state index in [0.29, 0.717) is 0 Å². The van der Waals surface area contributed by atoms with Crippen molar-refractivity contribution < 1.29 is 0 Å². The fourth-order valence-electron chi connectivity index (χ4n) is 3.66. The highest BCUT2D eigenvalue weighted by atomic mass is 32.2. The molecule has 30 heavy (non-hydrogen) atoms. The molecule has 4 aromatic rings. The monoisotopic (exact) mass is 427 g/mol. The van der Waals surface area contributed by atoms with Crippen LogP contribution in [0.15, 0.2) is 120 Å². The lowest BCUT2D eigenvalue weighted by atomic mass is 10.2. The predicted octanol–water partition coefficient (Wildman–Crippen LogP) is 6.75. The van der Waals surface area contributed by atoms with Crippen molar-refractivity contribution in [1.29, 1.82) is 0 Å². The Balaban J connectivity index is 2.08. The van der Waals surface area contributed by atoms with Crippen molar-refractivity contribution in [2.75, 3.05) is 5.75 Å². The molecular formula is C27H26NPS. The molecule has 0 unspecified atom stereocenters. The van der Waals surface area contributed by atoms with Crippen molar-refractivity contribution in [3.63, 3.8) is 0 Å². The SMILES string of the molecule is CCSCc1ccccc1N=P(c1ccccc1)(c1ccccc1)c1ccccc1. The van der Waals surface area contributed by atoms with E-state index in [2.05, 4.69) is 122 Å². The van der Waals surface area contributed by atoms with Crippen molar-refractivity contribution in [2.24, 2.45) is 4.74 Å². The molecule has 0 aliphatic carbocycles. The zero-order valence-corrected chi connectivity index (χ0v) is 18.9. The van der Waals surface area contributed by atoms with Crippen molar-refractivity contribution in [2.45, 2.75) is 12.7 Å². The molecule has 0 radical (unpaired) electrons. The summed E-state index contributed by atoms with van der Waals surface area (Å²) in [6.07, 6.45) is 0. The zero-order valence-electron chi connectivity index (χ0n) is 17.2. The number of benzene rings is 4. The molecule has 0 spiro atoms. The molecule has 0 N–H and O–H groups in total. The van der Waals surface area contributed by atoms with Crippen LogP contribution >= 0.6 is 18.8 Å². The van der Waals surface area contributed by atoms with Gasteiger partial charge in [-0.1, -0.05) is 116 Å². The maximum absolute atomic E-state index is 5.65. The highest BCUT2D eigenvalue weighted by molar-refractivity contribution is 7.98. The molecule has 150 valence electrons. The minimum absolute atomic E-state index is 0.981. The Morgan fingerprint density at radius 1 is 0.600 bits per heavy atom. The summed E-state index contributed by atoms with van der Waals surface area (Å²) in [6, 6.07) is 41.1. The van der Waals surface area contributed by atoms with Crippen molar-refractivity contribution in [3.8, 4) is 0 Å². The molecule has 4 aromatic carbocycles. The first-order valence-electron chi connectivity index (χ1n) is 10.3. The molecule has 0 heterocycles. The van der Waals surface area contributed by atoms with Gasteiger partial charge in [-0.2, -0.15) is 11.8 Å². The second kappa shape index (κ2) is 9.98. The summed E-state index contributed by atoms with van der Waals surface area (Å²) in [5, 5.41) is 3.83. The van der Waals surface area contributed by atoms with Crippen LogP contribution in [0.3, 0.4) is 0 Å². The number of rotatable bonds is 7. The van der Waals surface area contributed by atoms with E-state index < -0.39 is 7.05 Å². The quantitative estimate of drug-likeness (QED) is 0.297. The van der Waals surface area contributed by atoms with E-state index in [9.17, 15) is 0 Å².